The topological polar surface area (TPSA) is 179 Å². The van der Waals surface area contributed by atoms with Crippen LogP contribution in [0.3, 0.4) is 0 Å². The quantitative estimate of drug-likeness (QED) is 0.148. The van der Waals surface area contributed by atoms with Gasteiger partial charge in [0.15, 0.2) is 5.82 Å². The Bertz CT molecular complexity index is 3350. The summed E-state index contributed by atoms with van der Waals surface area (Å²) in [6, 6.07) is 14.8. The summed E-state index contributed by atoms with van der Waals surface area (Å²) in [6.45, 7) is 8.87. The maximum Gasteiger partial charge on any atom is 0.438 e. The maximum absolute atomic E-state index is 16.0. The number of fused-ring (bicyclic) bond motifs is 2. The average Bonchev–Trinajstić information content (AvgIpc) is 3.77. The third-order valence-electron chi connectivity index (χ3n) is 14.7. The fourth-order valence-corrected chi connectivity index (χ4v) is 12.6. The molecule has 4 atom stereocenters. The summed E-state index contributed by atoms with van der Waals surface area (Å²) in [5.74, 6) is -1.20. The third kappa shape index (κ3) is 6.42. The van der Waals surface area contributed by atoms with Gasteiger partial charge in [-0.3, -0.25) is 23.4 Å². The van der Waals surface area contributed by atoms with E-state index in [0.717, 1.165) is 46.4 Å². The van der Waals surface area contributed by atoms with Crippen LogP contribution in [-0.2, 0) is 26.4 Å². The van der Waals surface area contributed by atoms with Gasteiger partial charge in [-0.1, -0.05) is 24.6 Å². The molecule has 1 amide bonds. The highest BCUT2D eigenvalue weighted by atomic mass is 32.2. The zero-order valence-corrected chi connectivity index (χ0v) is 37.8. The number of nitrogens with one attached hydrogen (secondary N) is 2. The normalized spacial score (nSPS) is 22.1. The summed E-state index contributed by atoms with van der Waals surface area (Å²) in [4.78, 5) is 47.2. The summed E-state index contributed by atoms with van der Waals surface area (Å²) in [5, 5.41) is 9.73. The lowest BCUT2D eigenvalue weighted by molar-refractivity contribution is 0.0663. The first-order valence-corrected chi connectivity index (χ1v) is 24.2. The minimum atomic E-state index is -3.23. The Morgan fingerprint density at radius 3 is 2.33 bits per heavy atom. The van der Waals surface area contributed by atoms with E-state index in [0.29, 0.717) is 90.2 Å². The van der Waals surface area contributed by atoms with Crippen LogP contribution in [0.15, 0.2) is 86.0 Å². The van der Waals surface area contributed by atoms with Crippen molar-refractivity contribution in [1.82, 2.24) is 38.5 Å². The van der Waals surface area contributed by atoms with Crippen LogP contribution in [0.25, 0.3) is 28.1 Å². The maximum atomic E-state index is 16.0. The molecule has 18 heteroatoms. The Balaban J connectivity index is 1.04. The molecule has 6 heterocycles. The van der Waals surface area contributed by atoms with Crippen molar-refractivity contribution in [2.45, 2.75) is 100 Å². The number of aryl methyl sites for hydroxylation is 2. The van der Waals surface area contributed by atoms with Crippen LogP contribution in [0, 0.1) is 36.2 Å². The number of nitrogens with zero attached hydrogens (tertiary/aromatic N) is 7. The fourth-order valence-electron chi connectivity index (χ4n) is 10.7. The molecule has 0 spiro atoms. The molecule has 3 aromatic carbocycles. The molecular formula is C48H49F2N9O6S. The van der Waals surface area contributed by atoms with Crippen molar-refractivity contribution >= 4 is 26.5 Å². The molecular weight excluding hydrogens is 869 g/mol. The largest absolute Gasteiger partial charge is 0.438 e. The van der Waals surface area contributed by atoms with Crippen molar-refractivity contribution in [1.29, 1.82) is 4.78 Å². The van der Waals surface area contributed by atoms with E-state index in [1.807, 2.05) is 30.5 Å². The Morgan fingerprint density at radius 1 is 0.955 bits per heavy atom. The summed E-state index contributed by atoms with van der Waals surface area (Å²) < 4.78 is 69.9. The fraction of sp³-hybridized carbons (Fsp3) is 0.396. The molecule has 66 heavy (non-hydrogen) atoms. The number of H-pyrrole nitrogens is 1. The van der Waals surface area contributed by atoms with Crippen molar-refractivity contribution in [3.8, 4) is 17.2 Å². The van der Waals surface area contributed by atoms with Crippen LogP contribution in [-0.4, -0.2) is 73.6 Å². The number of hydrogen-bond donors (Lipinski definition) is 2. The number of ether oxygens (including phenoxy) is 1. The molecule has 342 valence electrons. The molecule has 1 saturated heterocycles. The molecule has 7 aromatic rings. The second kappa shape index (κ2) is 15.3. The molecule has 4 aromatic heterocycles. The second-order valence-electron chi connectivity index (χ2n) is 18.5. The van der Waals surface area contributed by atoms with Gasteiger partial charge >= 0.3 is 11.4 Å². The van der Waals surface area contributed by atoms with Gasteiger partial charge in [-0.25, -0.2) is 32.0 Å². The first kappa shape index (κ1) is 42.2. The van der Waals surface area contributed by atoms with Crippen molar-refractivity contribution in [2.75, 3.05) is 19.8 Å². The molecule has 3 fully saturated rings. The van der Waals surface area contributed by atoms with E-state index in [4.69, 9.17) is 19.1 Å². The molecule has 0 unspecified atom stereocenters. The predicted molar refractivity (Wildman–Crippen MR) is 241 cm³/mol. The number of aromatic nitrogens is 7. The molecule has 2 aliphatic heterocycles. The zero-order valence-electron chi connectivity index (χ0n) is 37.0. The number of amides is 1. The number of halogens is 2. The standard InChI is InChI=1S/C48H49F2N9O6S/c1-26-20-33(21-27(2)42(26)50)59-43(57-17-16-56(47(57)62)39-11-9-35(24-36(39)49)66(51,63)34-6-5-7-34)41-29(4)55(15-12-37(41)53-59)44(60)40-23-32-22-31(30-13-18-64-19-14-30)8-10-38(32)58(40)48(25-28(48)3)45-52-46(61)65-54-45/h8-11,16-17,20-24,28-30,34,51H,5-7,12-15,18-19,25H2,1-4H3,(H,52,54,61)/t28-,29-,48-,66-/m0/s1. The van der Waals surface area contributed by atoms with Crippen molar-refractivity contribution in [3.05, 3.63) is 139 Å². The lowest BCUT2D eigenvalue weighted by Crippen LogP contribution is -2.41. The SMILES string of the molecule is Cc1cc(-n2nc3c(c2-n2ccn(-c4ccc([S@@](=N)(=O)C5CCC5)cc4F)c2=O)[C@H](C)N(C(=O)c2cc4cc(C5CCOCC5)ccc4n2[C@@]2(c4noc(=O)[nH]4)C[C@@H]2C)CC3)cc(C)c1F. The molecule has 0 bridgehead atoms. The van der Waals surface area contributed by atoms with E-state index in [-0.39, 0.29) is 40.0 Å². The van der Waals surface area contributed by atoms with Crippen LogP contribution in [0.5, 0.6) is 0 Å². The van der Waals surface area contributed by atoms with E-state index >= 15 is 13.6 Å². The van der Waals surface area contributed by atoms with E-state index < -0.39 is 38.6 Å². The van der Waals surface area contributed by atoms with Gasteiger partial charge in [-0.05, 0) is 130 Å². The van der Waals surface area contributed by atoms with Gasteiger partial charge in [0.2, 0.25) is 0 Å². The summed E-state index contributed by atoms with van der Waals surface area (Å²) in [7, 11) is -3.23. The van der Waals surface area contributed by atoms with Crippen LogP contribution in [0.2, 0.25) is 0 Å². The van der Waals surface area contributed by atoms with Gasteiger partial charge in [0, 0.05) is 60.3 Å². The molecule has 2 saturated carbocycles. The van der Waals surface area contributed by atoms with E-state index in [1.165, 1.54) is 29.1 Å². The smallest absolute Gasteiger partial charge is 0.381 e. The first-order chi connectivity index (χ1) is 31.7. The summed E-state index contributed by atoms with van der Waals surface area (Å²) >= 11 is 0. The molecule has 4 aliphatic rings. The van der Waals surface area contributed by atoms with E-state index in [1.54, 1.807) is 35.6 Å². The van der Waals surface area contributed by atoms with Gasteiger partial charge < -0.3 is 14.2 Å². The number of hydrogen-bond acceptors (Lipinski definition) is 9. The van der Waals surface area contributed by atoms with Crippen molar-refractivity contribution in [3.63, 3.8) is 0 Å². The molecule has 11 rings (SSSR count). The Morgan fingerprint density at radius 2 is 1.68 bits per heavy atom. The van der Waals surface area contributed by atoms with Gasteiger partial charge in [-0.15, -0.1) is 0 Å². The third-order valence-corrected chi connectivity index (χ3v) is 17.1. The highest BCUT2D eigenvalue weighted by Gasteiger charge is 2.59. The number of imidazole rings is 1. The van der Waals surface area contributed by atoms with Gasteiger partial charge in [-0.2, -0.15) is 5.10 Å². The summed E-state index contributed by atoms with van der Waals surface area (Å²) in [5.41, 5.74) is 3.22. The van der Waals surface area contributed by atoms with Crippen molar-refractivity contribution < 1.29 is 27.0 Å². The highest BCUT2D eigenvalue weighted by Crippen LogP contribution is 2.56. The van der Waals surface area contributed by atoms with E-state index in [9.17, 15) is 13.8 Å². The minimum Gasteiger partial charge on any atom is -0.381 e. The van der Waals surface area contributed by atoms with Crippen molar-refractivity contribution in [2.24, 2.45) is 5.92 Å². The zero-order chi connectivity index (χ0) is 46.0. The van der Waals surface area contributed by atoms with Gasteiger partial charge in [0.05, 0.1) is 37.7 Å². The number of carbonyl (C=O) groups is 1. The van der Waals surface area contributed by atoms with Crippen LogP contribution < -0.4 is 11.4 Å². The number of aromatic amines is 1. The van der Waals surface area contributed by atoms with Crippen LogP contribution >= 0.6 is 0 Å². The summed E-state index contributed by atoms with van der Waals surface area (Å²) in [6.07, 6.45) is 7.80. The molecule has 2 aliphatic carbocycles. The highest BCUT2D eigenvalue weighted by molar-refractivity contribution is 7.93. The molecule has 0 radical (unpaired) electrons. The van der Waals surface area contributed by atoms with Gasteiger partial charge in [0.25, 0.3) is 5.91 Å². The van der Waals surface area contributed by atoms with E-state index in [2.05, 4.69) is 22.3 Å². The first-order valence-electron chi connectivity index (χ1n) is 22.5. The van der Waals surface area contributed by atoms with Gasteiger partial charge in [0.1, 0.15) is 28.7 Å². The molecule has 2 N–H and O–H groups in total. The minimum absolute atomic E-state index is 0.0100. The Kier molecular flexibility index (Phi) is 9.82. The number of rotatable bonds is 9. The average molecular weight is 918 g/mol. The Labute approximate surface area is 377 Å². The number of benzene rings is 3. The van der Waals surface area contributed by atoms with Crippen LogP contribution in [0.4, 0.5) is 8.78 Å². The molecule has 15 nitrogen and oxygen atoms in total. The lowest BCUT2D eigenvalue weighted by atomic mass is 9.91. The number of carbonyl (C=O) groups excluding carboxylic acids is 1. The van der Waals surface area contributed by atoms with Crippen LogP contribution in [0.1, 0.15) is 109 Å². The predicted octanol–water partition coefficient (Wildman–Crippen LogP) is 7.74. The second-order valence-corrected chi connectivity index (χ2v) is 20.9. The monoisotopic (exact) mass is 917 g/mol. The Hall–Kier alpha value is -6.40. The lowest BCUT2D eigenvalue weighted by Gasteiger charge is -2.34.